The highest BCUT2D eigenvalue weighted by molar-refractivity contribution is 7.98. The predicted octanol–water partition coefficient (Wildman–Crippen LogP) is 2.65. The molecule has 27 heavy (non-hydrogen) atoms. The van der Waals surface area contributed by atoms with Gasteiger partial charge < -0.3 is 10.2 Å². The molecule has 6 heteroatoms. The van der Waals surface area contributed by atoms with Gasteiger partial charge in [-0.3, -0.25) is 14.5 Å². The number of nitrogens with one attached hydrogen (secondary N) is 1. The zero-order valence-electron chi connectivity index (χ0n) is 17.0. The Labute approximate surface area is 167 Å². The lowest BCUT2D eigenvalue weighted by Crippen LogP contribution is -2.55. The summed E-state index contributed by atoms with van der Waals surface area (Å²) in [6, 6.07) is 7.03. The fraction of sp³-hybridized carbons (Fsp3) is 0.619. The summed E-state index contributed by atoms with van der Waals surface area (Å²) in [5, 5.41) is 2.98. The van der Waals surface area contributed by atoms with E-state index in [0.717, 1.165) is 44.0 Å². The number of hydrogen-bond acceptors (Lipinski definition) is 4. The van der Waals surface area contributed by atoms with Gasteiger partial charge in [-0.1, -0.05) is 31.5 Å². The van der Waals surface area contributed by atoms with Gasteiger partial charge in [-0.2, -0.15) is 11.8 Å². The minimum atomic E-state index is -0.456. The van der Waals surface area contributed by atoms with Crippen LogP contribution in [0.5, 0.6) is 0 Å². The Morgan fingerprint density at radius 2 is 1.89 bits per heavy atom. The van der Waals surface area contributed by atoms with E-state index in [1.165, 1.54) is 0 Å². The van der Waals surface area contributed by atoms with Crippen LogP contribution in [0.4, 0.5) is 0 Å². The zero-order chi connectivity index (χ0) is 19.8. The number of rotatable bonds is 8. The summed E-state index contributed by atoms with van der Waals surface area (Å²) in [7, 11) is 0. The molecule has 1 fully saturated rings. The molecule has 0 radical (unpaired) electrons. The SMILES string of the molecule is CSCCC(NC(=O)c1cccc(C)c1)C(=O)N1CCN(CC(C)C)CC1. The lowest BCUT2D eigenvalue weighted by Gasteiger charge is -2.37. The normalized spacial score (nSPS) is 16.4. The lowest BCUT2D eigenvalue weighted by molar-refractivity contribution is -0.135. The van der Waals surface area contributed by atoms with Gasteiger partial charge in [0.2, 0.25) is 5.91 Å². The first-order valence-electron chi connectivity index (χ1n) is 9.78. The van der Waals surface area contributed by atoms with Crippen molar-refractivity contribution in [3.8, 4) is 0 Å². The topological polar surface area (TPSA) is 52.7 Å². The second-order valence-electron chi connectivity index (χ2n) is 7.70. The molecule has 1 aliphatic rings. The van der Waals surface area contributed by atoms with Crippen molar-refractivity contribution in [3.05, 3.63) is 35.4 Å². The summed E-state index contributed by atoms with van der Waals surface area (Å²) in [4.78, 5) is 30.0. The molecule has 1 unspecified atom stereocenters. The van der Waals surface area contributed by atoms with Gasteiger partial charge in [-0.05, 0) is 43.4 Å². The van der Waals surface area contributed by atoms with Crippen molar-refractivity contribution >= 4 is 23.6 Å². The maximum Gasteiger partial charge on any atom is 0.251 e. The fourth-order valence-corrected chi connectivity index (χ4v) is 3.88. The van der Waals surface area contributed by atoms with Crippen LogP contribution in [0, 0.1) is 12.8 Å². The first kappa shape index (κ1) is 21.8. The number of piperazine rings is 1. The molecule has 0 aliphatic carbocycles. The van der Waals surface area contributed by atoms with Crippen molar-refractivity contribution in [1.82, 2.24) is 15.1 Å². The molecular formula is C21H33N3O2S. The van der Waals surface area contributed by atoms with E-state index in [1.54, 1.807) is 17.8 Å². The minimum Gasteiger partial charge on any atom is -0.340 e. The largest absolute Gasteiger partial charge is 0.340 e. The number of nitrogens with zero attached hydrogens (tertiary/aromatic N) is 2. The highest BCUT2D eigenvalue weighted by atomic mass is 32.2. The molecule has 150 valence electrons. The third-order valence-electron chi connectivity index (χ3n) is 4.80. The van der Waals surface area contributed by atoms with Crippen LogP contribution in [-0.4, -0.2) is 72.4 Å². The van der Waals surface area contributed by atoms with E-state index in [2.05, 4.69) is 24.1 Å². The first-order chi connectivity index (χ1) is 12.9. The summed E-state index contributed by atoms with van der Waals surface area (Å²) in [5.74, 6) is 1.36. The Bertz CT molecular complexity index is 628. The summed E-state index contributed by atoms with van der Waals surface area (Å²) in [6.07, 6.45) is 2.68. The third kappa shape index (κ3) is 6.85. The number of thioether (sulfide) groups is 1. The molecule has 0 saturated carbocycles. The van der Waals surface area contributed by atoms with E-state index in [0.29, 0.717) is 17.9 Å². The van der Waals surface area contributed by atoms with Crippen LogP contribution >= 0.6 is 11.8 Å². The molecule has 1 aromatic rings. The molecular weight excluding hydrogens is 358 g/mol. The van der Waals surface area contributed by atoms with Crippen LogP contribution in [0.25, 0.3) is 0 Å². The number of carbonyl (C=O) groups is 2. The van der Waals surface area contributed by atoms with Gasteiger partial charge >= 0.3 is 0 Å². The van der Waals surface area contributed by atoms with Crippen molar-refractivity contribution in [2.24, 2.45) is 5.92 Å². The average molecular weight is 392 g/mol. The summed E-state index contributed by atoms with van der Waals surface area (Å²) in [5.41, 5.74) is 1.65. The van der Waals surface area contributed by atoms with Crippen LogP contribution in [0.1, 0.15) is 36.2 Å². The zero-order valence-corrected chi connectivity index (χ0v) is 17.8. The Balaban J connectivity index is 1.98. The molecule has 1 aliphatic heterocycles. The lowest BCUT2D eigenvalue weighted by atomic mass is 10.1. The summed E-state index contributed by atoms with van der Waals surface area (Å²) < 4.78 is 0. The van der Waals surface area contributed by atoms with Crippen LogP contribution < -0.4 is 5.32 Å². The molecule has 1 saturated heterocycles. The maximum atomic E-state index is 13.1. The molecule has 5 nitrogen and oxygen atoms in total. The Morgan fingerprint density at radius 1 is 1.19 bits per heavy atom. The van der Waals surface area contributed by atoms with Gasteiger partial charge in [0, 0.05) is 38.3 Å². The highest BCUT2D eigenvalue weighted by Gasteiger charge is 2.28. The average Bonchev–Trinajstić information content (AvgIpc) is 2.64. The quantitative estimate of drug-likeness (QED) is 0.740. The van der Waals surface area contributed by atoms with Gasteiger partial charge in [0.25, 0.3) is 5.91 Å². The van der Waals surface area contributed by atoms with Crippen LogP contribution in [-0.2, 0) is 4.79 Å². The van der Waals surface area contributed by atoms with E-state index >= 15 is 0 Å². The molecule has 2 rings (SSSR count). The van der Waals surface area contributed by atoms with Gasteiger partial charge in [0.1, 0.15) is 6.04 Å². The van der Waals surface area contributed by atoms with Crippen LogP contribution in [0.3, 0.4) is 0 Å². The van der Waals surface area contributed by atoms with E-state index in [-0.39, 0.29) is 11.8 Å². The van der Waals surface area contributed by atoms with Crippen LogP contribution in [0.2, 0.25) is 0 Å². The summed E-state index contributed by atoms with van der Waals surface area (Å²) in [6.45, 7) is 10.8. The van der Waals surface area contributed by atoms with Crippen molar-refractivity contribution in [1.29, 1.82) is 0 Å². The van der Waals surface area contributed by atoms with Crippen molar-refractivity contribution in [3.63, 3.8) is 0 Å². The number of amides is 2. The van der Waals surface area contributed by atoms with Gasteiger partial charge in [-0.25, -0.2) is 0 Å². The molecule has 1 N–H and O–H groups in total. The Morgan fingerprint density at radius 3 is 2.48 bits per heavy atom. The predicted molar refractivity (Wildman–Crippen MR) is 113 cm³/mol. The molecule has 1 atom stereocenters. The number of aryl methyl sites for hydroxylation is 1. The van der Waals surface area contributed by atoms with E-state index < -0.39 is 6.04 Å². The second kappa shape index (κ2) is 10.7. The van der Waals surface area contributed by atoms with E-state index in [4.69, 9.17) is 0 Å². The van der Waals surface area contributed by atoms with Crippen molar-refractivity contribution in [2.45, 2.75) is 33.2 Å². The molecule has 2 amide bonds. The number of hydrogen-bond donors (Lipinski definition) is 1. The Kier molecular flexibility index (Phi) is 8.64. The van der Waals surface area contributed by atoms with Gasteiger partial charge in [0.05, 0.1) is 0 Å². The minimum absolute atomic E-state index is 0.0502. The smallest absolute Gasteiger partial charge is 0.251 e. The van der Waals surface area contributed by atoms with Gasteiger partial charge in [-0.15, -0.1) is 0 Å². The summed E-state index contributed by atoms with van der Waals surface area (Å²) >= 11 is 1.70. The van der Waals surface area contributed by atoms with Crippen molar-refractivity contribution in [2.75, 3.05) is 44.7 Å². The molecule has 1 heterocycles. The fourth-order valence-electron chi connectivity index (χ4n) is 3.41. The highest BCUT2D eigenvalue weighted by Crippen LogP contribution is 2.11. The third-order valence-corrected chi connectivity index (χ3v) is 5.45. The van der Waals surface area contributed by atoms with E-state index in [1.807, 2.05) is 36.3 Å². The molecule has 0 bridgehead atoms. The second-order valence-corrected chi connectivity index (χ2v) is 8.68. The van der Waals surface area contributed by atoms with Crippen molar-refractivity contribution < 1.29 is 9.59 Å². The molecule has 1 aromatic carbocycles. The first-order valence-corrected chi connectivity index (χ1v) is 11.2. The molecule has 0 aromatic heterocycles. The van der Waals surface area contributed by atoms with Crippen LogP contribution in [0.15, 0.2) is 24.3 Å². The molecule has 0 spiro atoms. The number of carbonyl (C=O) groups excluding carboxylic acids is 2. The van der Waals surface area contributed by atoms with Gasteiger partial charge in [0.15, 0.2) is 0 Å². The monoisotopic (exact) mass is 391 g/mol. The number of benzene rings is 1. The standard InChI is InChI=1S/C21H33N3O2S/c1-16(2)15-23-9-11-24(12-10-23)21(26)19(8-13-27-4)22-20(25)18-7-5-6-17(3)14-18/h5-7,14,16,19H,8-13,15H2,1-4H3,(H,22,25). The van der Waals surface area contributed by atoms with E-state index in [9.17, 15) is 9.59 Å². The Hall–Kier alpha value is -1.53. The maximum absolute atomic E-state index is 13.1.